The molecule has 0 saturated heterocycles. The molecule has 0 bridgehead atoms. The summed E-state index contributed by atoms with van der Waals surface area (Å²) in [5, 5.41) is 7.76. The number of hydrogen-bond donors (Lipinski definition) is 4. The Morgan fingerprint density at radius 3 is 2.48 bits per heavy atom. The molecule has 0 radical (unpaired) electrons. The SMILES string of the molecule is CC[NH+](CC(=O)NC(=O)NC1CC1)CC(=O)Nc1ccccc1OC. The minimum absolute atomic E-state index is 0.0495. The van der Waals surface area contributed by atoms with Crippen molar-refractivity contribution in [3.63, 3.8) is 0 Å². The average molecular weight is 349 g/mol. The van der Waals surface area contributed by atoms with Crippen LogP contribution in [-0.2, 0) is 9.59 Å². The van der Waals surface area contributed by atoms with Gasteiger partial charge in [0.15, 0.2) is 13.1 Å². The number of imide groups is 1. The van der Waals surface area contributed by atoms with Crippen molar-refractivity contribution in [2.24, 2.45) is 0 Å². The molecule has 0 aliphatic heterocycles. The molecule has 25 heavy (non-hydrogen) atoms. The van der Waals surface area contributed by atoms with Crippen LogP contribution in [0.3, 0.4) is 0 Å². The Morgan fingerprint density at radius 1 is 1.16 bits per heavy atom. The van der Waals surface area contributed by atoms with E-state index in [0.29, 0.717) is 18.0 Å². The summed E-state index contributed by atoms with van der Waals surface area (Å²) in [5.41, 5.74) is 0.582. The van der Waals surface area contributed by atoms with Gasteiger partial charge in [-0.05, 0) is 31.9 Å². The first kappa shape index (κ1) is 18.7. The highest BCUT2D eigenvalue weighted by Gasteiger charge is 2.25. The Morgan fingerprint density at radius 2 is 1.84 bits per heavy atom. The van der Waals surface area contributed by atoms with Crippen LogP contribution in [0.25, 0.3) is 0 Å². The van der Waals surface area contributed by atoms with Gasteiger partial charge in [0.1, 0.15) is 5.75 Å². The number of amides is 4. The first-order valence-corrected chi connectivity index (χ1v) is 8.38. The van der Waals surface area contributed by atoms with Crippen molar-refractivity contribution in [1.82, 2.24) is 10.6 Å². The van der Waals surface area contributed by atoms with Gasteiger partial charge in [0.2, 0.25) is 0 Å². The largest absolute Gasteiger partial charge is 0.495 e. The number of carbonyl (C=O) groups excluding carboxylic acids is 3. The van der Waals surface area contributed by atoms with E-state index in [1.165, 1.54) is 7.11 Å². The summed E-state index contributed by atoms with van der Waals surface area (Å²) in [5.74, 6) is -0.0555. The highest BCUT2D eigenvalue weighted by atomic mass is 16.5. The van der Waals surface area contributed by atoms with Crippen molar-refractivity contribution in [2.75, 3.05) is 32.1 Å². The molecule has 4 amide bonds. The number of urea groups is 1. The Labute approximate surface area is 146 Å². The fraction of sp³-hybridized carbons (Fsp3) is 0.471. The van der Waals surface area contributed by atoms with Gasteiger partial charge in [-0.25, -0.2) is 4.79 Å². The molecule has 8 heteroatoms. The van der Waals surface area contributed by atoms with Crippen LogP contribution in [0.4, 0.5) is 10.5 Å². The van der Waals surface area contributed by atoms with Gasteiger partial charge in [-0.2, -0.15) is 0 Å². The van der Waals surface area contributed by atoms with Crippen LogP contribution < -0.4 is 25.6 Å². The van der Waals surface area contributed by atoms with Crippen molar-refractivity contribution >= 4 is 23.5 Å². The predicted octanol–water partition coefficient (Wildman–Crippen LogP) is -0.473. The normalized spacial score (nSPS) is 14.3. The summed E-state index contributed by atoms with van der Waals surface area (Å²) >= 11 is 0. The Hall–Kier alpha value is -2.61. The zero-order valence-corrected chi connectivity index (χ0v) is 14.6. The first-order chi connectivity index (χ1) is 12.0. The van der Waals surface area contributed by atoms with Crippen LogP contribution in [0.15, 0.2) is 24.3 Å². The number of likely N-dealkylation sites (N-methyl/N-ethyl adjacent to an activating group) is 1. The second kappa shape index (κ2) is 9.03. The topological polar surface area (TPSA) is 101 Å². The van der Waals surface area contributed by atoms with Crippen molar-refractivity contribution in [2.45, 2.75) is 25.8 Å². The van der Waals surface area contributed by atoms with Gasteiger partial charge >= 0.3 is 6.03 Å². The van der Waals surface area contributed by atoms with Crippen molar-refractivity contribution in [3.05, 3.63) is 24.3 Å². The quantitative estimate of drug-likeness (QED) is 0.510. The molecule has 0 heterocycles. The molecule has 1 fully saturated rings. The molecule has 1 saturated carbocycles. The van der Waals surface area contributed by atoms with Gasteiger partial charge in [-0.1, -0.05) is 12.1 Å². The molecular formula is C17H25N4O4+. The lowest BCUT2D eigenvalue weighted by molar-refractivity contribution is -0.881. The Balaban J connectivity index is 1.80. The number of anilines is 1. The number of methoxy groups -OCH3 is 1. The fourth-order valence-corrected chi connectivity index (χ4v) is 2.33. The molecule has 136 valence electrons. The summed E-state index contributed by atoms with van der Waals surface area (Å²) in [4.78, 5) is 36.4. The monoisotopic (exact) mass is 349 g/mol. The molecule has 8 nitrogen and oxygen atoms in total. The van der Waals surface area contributed by atoms with Gasteiger partial charge in [0.05, 0.1) is 19.3 Å². The smallest absolute Gasteiger partial charge is 0.321 e. The third-order valence-corrected chi connectivity index (χ3v) is 3.87. The van der Waals surface area contributed by atoms with E-state index in [2.05, 4.69) is 16.0 Å². The fourth-order valence-electron chi connectivity index (χ4n) is 2.33. The zero-order chi connectivity index (χ0) is 18.2. The van der Waals surface area contributed by atoms with E-state index in [1.807, 2.05) is 13.0 Å². The maximum Gasteiger partial charge on any atom is 0.321 e. The van der Waals surface area contributed by atoms with Crippen LogP contribution in [0.5, 0.6) is 5.75 Å². The highest BCUT2D eigenvalue weighted by Crippen LogP contribution is 2.22. The summed E-state index contributed by atoms with van der Waals surface area (Å²) in [6, 6.07) is 6.84. The number of carbonyl (C=O) groups is 3. The number of benzene rings is 1. The van der Waals surface area contributed by atoms with E-state index in [0.717, 1.165) is 17.7 Å². The van der Waals surface area contributed by atoms with E-state index >= 15 is 0 Å². The molecule has 1 aromatic rings. The second-order valence-corrected chi connectivity index (χ2v) is 6.00. The molecule has 1 aromatic carbocycles. The summed E-state index contributed by atoms with van der Waals surface area (Å²) in [7, 11) is 1.53. The van der Waals surface area contributed by atoms with Gasteiger partial charge in [0, 0.05) is 6.04 Å². The predicted molar refractivity (Wildman–Crippen MR) is 92.6 cm³/mol. The standard InChI is InChI=1S/C17H24N4O4/c1-3-21(11-16(23)20-17(24)18-12-8-9-12)10-15(22)19-13-6-4-5-7-14(13)25-2/h4-7,12H,3,8-11H2,1-2H3,(H,19,22)(H2,18,20,23,24)/p+1. The molecule has 0 spiro atoms. The third kappa shape index (κ3) is 6.42. The number of nitrogens with one attached hydrogen (secondary N) is 4. The minimum atomic E-state index is -0.471. The maximum atomic E-state index is 12.2. The number of rotatable bonds is 8. The van der Waals surface area contributed by atoms with Crippen LogP contribution in [0, 0.1) is 0 Å². The lowest BCUT2D eigenvalue weighted by Gasteiger charge is -2.17. The van der Waals surface area contributed by atoms with Crippen molar-refractivity contribution in [3.8, 4) is 5.75 Å². The third-order valence-electron chi connectivity index (χ3n) is 3.87. The molecule has 1 unspecified atom stereocenters. The molecule has 0 aromatic heterocycles. The van der Waals surface area contributed by atoms with Gasteiger partial charge in [0.25, 0.3) is 11.8 Å². The molecular weight excluding hydrogens is 324 g/mol. The van der Waals surface area contributed by atoms with Gasteiger partial charge < -0.3 is 20.3 Å². The number of hydrogen-bond acceptors (Lipinski definition) is 4. The lowest BCUT2D eigenvalue weighted by Crippen LogP contribution is -3.14. The molecule has 1 aliphatic rings. The van der Waals surface area contributed by atoms with Crippen LogP contribution >= 0.6 is 0 Å². The summed E-state index contributed by atoms with van der Waals surface area (Å²) in [6.07, 6.45) is 1.91. The van der Waals surface area contributed by atoms with E-state index in [4.69, 9.17) is 4.74 Å². The molecule has 4 N–H and O–H groups in total. The van der Waals surface area contributed by atoms with E-state index < -0.39 is 11.9 Å². The molecule has 1 atom stereocenters. The van der Waals surface area contributed by atoms with E-state index in [1.54, 1.807) is 18.2 Å². The average Bonchev–Trinajstić information content (AvgIpc) is 3.38. The van der Waals surface area contributed by atoms with Crippen molar-refractivity contribution in [1.29, 1.82) is 0 Å². The van der Waals surface area contributed by atoms with E-state index in [-0.39, 0.29) is 25.0 Å². The van der Waals surface area contributed by atoms with Crippen LogP contribution in [0.1, 0.15) is 19.8 Å². The number of ether oxygens (including phenoxy) is 1. The van der Waals surface area contributed by atoms with Gasteiger partial charge in [-0.3, -0.25) is 14.9 Å². The highest BCUT2D eigenvalue weighted by molar-refractivity contribution is 5.95. The Bertz CT molecular complexity index is 631. The zero-order valence-electron chi connectivity index (χ0n) is 14.6. The van der Waals surface area contributed by atoms with Crippen LogP contribution in [-0.4, -0.2) is 50.6 Å². The van der Waals surface area contributed by atoms with Gasteiger partial charge in [-0.15, -0.1) is 0 Å². The number of quaternary nitrogens is 1. The second-order valence-electron chi connectivity index (χ2n) is 6.00. The first-order valence-electron chi connectivity index (χ1n) is 8.38. The maximum absolute atomic E-state index is 12.2. The van der Waals surface area contributed by atoms with E-state index in [9.17, 15) is 14.4 Å². The minimum Gasteiger partial charge on any atom is -0.495 e. The van der Waals surface area contributed by atoms with Crippen LogP contribution in [0.2, 0.25) is 0 Å². The molecule has 2 rings (SSSR count). The van der Waals surface area contributed by atoms with Crippen molar-refractivity contribution < 1.29 is 24.0 Å². The molecule has 1 aliphatic carbocycles. The summed E-state index contributed by atoms with van der Waals surface area (Å²) < 4.78 is 5.19. The summed E-state index contributed by atoms with van der Waals surface area (Å²) in [6.45, 7) is 2.63. The number of para-hydroxylation sites is 2. The Kier molecular flexibility index (Phi) is 6.76. The lowest BCUT2D eigenvalue weighted by atomic mass is 10.3.